The number of carbonyl (C=O) groups excluding carboxylic acids is 1. The summed E-state index contributed by atoms with van der Waals surface area (Å²) in [5.41, 5.74) is -2.24. The summed E-state index contributed by atoms with van der Waals surface area (Å²) in [7, 11) is 0.905. The van der Waals surface area contributed by atoms with Gasteiger partial charge >= 0.3 is 24.0 Å². The van der Waals surface area contributed by atoms with Gasteiger partial charge in [-0.3, -0.25) is 4.79 Å². The van der Waals surface area contributed by atoms with E-state index in [0.29, 0.717) is 0 Å². The third kappa shape index (κ3) is 4.42. The number of hydrogen-bond donors (Lipinski definition) is 0. The molecule has 0 bridgehead atoms. The molecule has 1 aromatic rings. The van der Waals surface area contributed by atoms with Gasteiger partial charge < -0.3 is 9.47 Å². The van der Waals surface area contributed by atoms with Crippen LogP contribution in [0.2, 0.25) is 0 Å². The van der Waals surface area contributed by atoms with Crippen LogP contribution in [-0.2, 0) is 15.1 Å². The molecule has 0 spiro atoms. The molecule has 0 N–H and O–H groups in total. The zero-order valence-electron chi connectivity index (χ0n) is 13.4. The molecule has 1 atom stereocenters. The molecule has 25 heavy (non-hydrogen) atoms. The number of halogens is 7. The van der Waals surface area contributed by atoms with E-state index in [2.05, 4.69) is 0 Å². The first-order valence-corrected chi connectivity index (χ1v) is 6.83. The Morgan fingerprint density at radius 3 is 1.84 bits per heavy atom. The van der Waals surface area contributed by atoms with Gasteiger partial charge in [-0.05, 0) is 24.6 Å². The third-order valence-corrected chi connectivity index (χ3v) is 3.55. The van der Waals surface area contributed by atoms with Crippen molar-refractivity contribution in [3.05, 3.63) is 29.8 Å². The molecule has 1 aromatic carbocycles. The topological polar surface area (TPSA) is 35.5 Å². The Bertz CT molecular complexity index is 611. The first-order valence-electron chi connectivity index (χ1n) is 6.83. The molecule has 0 aliphatic rings. The van der Waals surface area contributed by atoms with E-state index in [-0.39, 0.29) is 11.3 Å². The quantitative estimate of drug-likeness (QED) is 0.410. The zero-order chi connectivity index (χ0) is 19.7. The molecule has 0 heterocycles. The van der Waals surface area contributed by atoms with E-state index in [1.165, 1.54) is 12.1 Å². The minimum atomic E-state index is -6.41. The Morgan fingerprint density at radius 2 is 1.48 bits per heavy atom. The lowest BCUT2D eigenvalue weighted by atomic mass is 9.87. The summed E-state index contributed by atoms with van der Waals surface area (Å²) in [6.45, 7) is 2.07. The Kier molecular flexibility index (Phi) is 5.78. The van der Waals surface area contributed by atoms with E-state index in [1.54, 1.807) is 0 Å². The molecule has 0 saturated carbocycles. The fraction of sp³-hybridized carbons (Fsp3) is 0.533. The first-order chi connectivity index (χ1) is 11.2. The second kappa shape index (κ2) is 6.81. The number of benzene rings is 1. The smallest absolute Gasteiger partial charge is 0.427 e. The molecular formula is C15H15F7O3. The van der Waals surface area contributed by atoms with Crippen LogP contribution in [0.5, 0.6) is 5.75 Å². The molecule has 0 aromatic heterocycles. The fourth-order valence-corrected chi connectivity index (χ4v) is 2.08. The van der Waals surface area contributed by atoms with E-state index >= 15 is 0 Å². The van der Waals surface area contributed by atoms with E-state index in [4.69, 9.17) is 9.47 Å². The van der Waals surface area contributed by atoms with Gasteiger partial charge in [-0.1, -0.05) is 12.1 Å². The summed E-state index contributed by atoms with van der Waals surface area (Å²) in [4.78, 5) is 10.8. The molecule has 0 radical (unpaired) electrons. The Hall–Kier alpha value is -1.84. The van der Waals surface area contributed by atoms with Gasteiger partial charge in [0.05, 0.1) is 12.0 Å². The van der Waals surface area contributed by atoms with Gasteiger partial charge in [0, 0.05) is 14.0 Å². The highest BCUT2D eigenvalue weighted by atomic mass is 19.4. The van der Waals surface area contributed by atoms with Crippen molar-refractivity contribution in [2.45, 2.75) is 43.9 Å². The molecule has 10 heteroatoms. The summed E-state index contributed by atoms with van der Waals surface area (Å²) in [5.74, 6) is -12.2. The molecular weight excluding hydrogens is 361 g/mol. The molecule has 0 fully saturated rings. The molecule has 0 aliphatic heterocycles. The number of hydrogen-bond acceptors (Lipinski definition) is 3. The molecule has 0 aliphatic carbocycles. The lowest BCUT2D eigenvalue weighted by Crippen LogP contribution is -2.54. The van der Waals surface area contributed by atoms with Crippen molar-refractivity contribution in [2.24, 2.45) is 0 Å². The molecule has 1 unspecified atom stereocenters. The van der Waals surface area contributed by atoms with E-state index in [0.717, 1.165) is 33.1 Å². The summed E-state index contributed by atoms with van der Waals surface area (Å²) in [6.07, 6.45) is -8.33. The normalized spacial score (nSPS) is 15.6. The predicted molar refractivity (Wildman–Crippen MR) is 72.7 cm³/mol. The van der Waals surface area contributed by atoms with Crippen molar-refractivity contribution in [1.29, 1.82) is 0 Å². The Labute approximate surface area is 138 Å². The third-order valence-electron chi connectivity index (χ3n) is 3.55. The van der Waals surface area contributed by atoms with Crippen LogP contribution >= 0.6 is 0 Å². The SMILES string of the molecule is COC(C)(CC(F)(F)C(F)(F)C(F)(F)F)c1ccc(OC(C)=O)cc1. The molecule has 142 valence electrons. The van der Waals surface area contributed by atoms with E-state index < -0.39 is 36.0 Å². The number of ether oxygens (including phenoxy) is 2. The second-order valence-electron chi connectivity index (χ2n) is 5.51. The van der Waals surface area contributed by atoms with Gasteiger partial charge in [0.25, 0.3) is 0 Å². The van der Waals surface area contributed by atoms with Crippen molar-refractivity contribution >= 4 is 5.97 Å². The van der Waals surface area contributed by atoms with Gasteiger partial charge in [0.1, 0.15) is 5.75 Å². The predicted octanol–water partition coefficient (Wildman–Crippen LogP) is 4.70. The van der Waals surface area contributed by atoms with Crippen LogP contribution in [0.1, 0.15) is 25.8 Å². The Morgan fingerprint density at radius 1 is 1.00 bits per heavy atom. The molecule has 0 amide bonds. The van der Waals surface area contributed by atoms with Crippen LogP contribution in [0.15, 0.2) is 24.3 Å². The van der Waals surface area contributed by atoms with Crippen LogP contribution in [0, 0.1) is 0 Å². The highest BCUT2D eigenvalue weighted by molar-refractivity contribution is 5.69. The van der Waals surface area contributed by atoms with Gasteiger partial charge in [-0.25, -0.2) is 0 Å². The first kappa shape index (κ1) is 21.2. The van der Waals surface area contributed by atoms with Gasteiger partial charge in [-0.15, -0.1) is 0 Å². The van der Waals surface area contributed by atoms with Crippen LogP contribution in [0.4, 0.5) is 30.7 Å². The van der Waals surface area contributed by atoms with Crippen molar-refractivity contribution in [3.63, 3.8) is 0 Å². The number of esters is 1. The number of methoxy groups -OCH3 is 1. The van der Waals surface area contributed by atoms with E-state index in [1.807, 2.05) is 0 Å². The average Bonchev–Trinajstić information content (AvgIpc) is 2.45. The maximum Gasteiger partial charge on any atom is 0.459 e. The highest BCUT2D eigenvalue weighted by Crippen LogP contribution is 2.51. The zero-order valence-corrected chi connectivity index (χ0v) is 13.4. The standard InChI is InChI=1S/C15H15F7O3/c1-9(23)25-11-6-4-10(5-7-11)12(2,24-3)8-13(16,17)14(18,19)15(20,21)22/h4-7H,8H2,1-3H3. The molecule has 0 saturated heterocycles. The van der Waals surface area contributed by atoms with Gasteiger partial charge in [0.2, 0.25) is 0 Å². The summed E-state index contributed by atoms with van der Waals surface area (Å²) in [6, 6.07) is 4.61. The largest absolute Gasteiger partial charge is 0.459 e. The number of alkyl halides is 7. The molecule has 3 nitrogen and oxygen atoms in total. The van der Waals surface area contributed by atoms with Crippen LogP contribution in [0.25, 0.3) is 0 Å². The number of rotatable bonds is 6. The van der Waals surface area contributed by atoms with Crippen molar-refractivity contribution in [1.82, 2.24) is 0 Å². The summed E-state index contributed by atoms with van der Waals surface area (Å²) >= 11 is 0. The number of carbonyl (C=O) groups is 1. The second-order valence-corrected chi connectivity index (χ2v) is 5.51. The lowest BCUT2D eigenvalue weighted by Gasteiger charge is -2.36. The average molecular weight is 376 g/mol. The van der Waals surface area contributed by atoms with Crippen molar-refractivity contribution in [3.8, 4) is 5.75 Å². The summed E-state index contributed by atoms with van der Waals surface area (Å²) < 4.78 is 99.9. The van der Waals surface area contributed by atoms with Gasteiger partial charge in [-0.2, -0.15) is 30.7 Å². The maximum absolute atomic E-state index is 13.7. The highest BCUT2D eigenvalue weighted by Gasteiger charge is 2.73. The van der Waals surface area contributed by atoms with Crippen LogP contribution < -0.4 is 4.74 Å². The summed E-state index contributed by atoms with van der Waals surface area (Å²) in [5, 5.41) is 0. The minimum Gasteiger partial charge on any atom is -0.427 e. The maximum atomic E-state index is 13.7. The fourth-order valence-electron chi connectivity index (χ4n) is 2.08. The monoisotopic (exact) mass is 376 g/mol. The molecule has 1 rings (SSSR count). The van der Waals surface area contributed by atoms with Gasteiger partial charge in [0.15, 0.2) is 0 Å². The minimum absolute atomic E-state index is 0.0436. The van der Waals surface area contributed by atoms with E-state index in [9.17, 15) is 35.5 Å². The van der Waals surface area contributed by atoms with Crippen LogP contribution in [-0.4, -0.2) is 31.1 Å². The Balaban J connectivity index is 3.16. The van der Waals surface area contributed by atoms with Crippen LogP contribution in [0.3, 0.4) is 0 Å². The van der Waals surface area contributed by atoms with Crippen molar-refractivity contribution in [2.75, 3.05) is 7.11 Å². The lowest BCUT2D eigenvalue weighted by molar-refractivity contribution is -0.361. The van der Waals surface area contributed by atoms with Crippen molar-refractivity contribution < 1.29 is 45.0 Å².